The van der Waals surface area contributed by atoms with Crippen molar-refractivity contribution in [2.45, 2.75) is 13.3 Å². The molecule has 0 saturated heterocycles. The number of hydrogen-bond acceptors (Lipinski definition) is 2. The topological polar surface area (TPSA) is 38.0 Å². The third-order valence-corrected chi connectivity index (χ3v) is 1.76. The van der Waals surface area contributed by atoms with E-state index in [1.165, 1.54) is 11.3 Å². The summed E-state index contributed by atoms with van der Waals surface area (Å²) in [5.74, 6) is 0. The third kappa shape index (κ3) is 2.93. The van der Waals surface area contributed by atoms with E-state index in [1.807, 2.05) is 0 Å². The average Bonchev–Trinajstić information content (AvgIpc) is 2.09. The highest BCUT2D eigenvalue weighted by atomic mass is 14.9. The number of anilines is 1. The molecule has 0 aliphatic heterocycles. The first-order chi connectivity index (χ1) is 5.83. The summed E-state index contributed by atoms with van der Waals surface area (Å²) < 4.78 is 0. The highest BCUT2D eigenvalue weighted by Gasteiger charge is 1.89. The van der Waals surface area contributed by atoms with Gasteiger partial charge in [-0.3, -0.25) is 0 Å². The Hall–Kier alpha value is -1.02. The molecule has 0 unspecified atom stereocenters. The molecule has 1 aromatic carbocycles. The van der Waals surface area contributed by atoms with E-state index in [-0.39, 0.29) is 0 Å². The molecular formula is C10H16N2. The first-order valence-electron chi connectivity index (χ1n) is 4.33. The van der Waals surface area contributed by atoms with Crippen LogP contribution >= 0.6 is 0 Å². The van der Waals surface area contributed by atoms with Crippen molar-refractivity contribution in [3.05, 3.63) is 29.8 Å². The largest absolute Gasteiger partial charge is 0.385 e. The van der Waals surface area contributed by atoms with Gasteiger partial charge >= 0.3 is 0 Å². The molecule has 1 aromatic rings. The van der Waals surface area contributed by atoms with E-state index < -0.39 is 0 Å². The van der Waals surface area contributed by atoms with Gasteiger partial charge in [0.1, 0.15) is 0 Å². The molecule has 2 nitrogen and oxygen atoms in total. The Morgan fingerprint density at radius 1 is 1.25 bits per heavy atom. The molecule has 0 aromatic heterocycles. The van der Waals surface area contributed by atoms with Crippen LogP contribution in [0.15, 0.2) is 24.3 Å². The smallest absolute Gasteiger partial charge is 0.0340 e. The Bertz CT molecular complexity index is 216. The van der Waals surface area contributed by atoms with E-state index in [4.69, 9.17) is 5.73 Å². The second-order valence-corrected chi connectivity index (χ2v) is 2.94. The number of nitrogens with two attached hydrogens (primary N) is 1. The summed E-state index contributed by atoms with van der Waals surface area (Å²) in [5.41, 5.74) is 7.84. The van der Waals surface area contributed by atoms with Crippen molar-refractivity contribution in [1.82, 2.24) is 0 Å². The molecule has 66 valence electrons. The summed E-state index contributed by atoms with van der Waals surface area (Å²) in [7, 11) is 0. The van der Waals surface area contributed by atoms with Crippen LogP contribution in [-0.4, -0.2) is 13.1 Å². The summed E-state index contributed by atoms with van der Waals surface area (Å²) in [5, 5.41) is 3.29. The van der Waals surface area contributed by atoms with E-state index in [0.717, 1.165) is 19.5 Å². The quantitative estimate of drug-likeness (QED) is 0.665. The molecule has 12 heavy (non-hydrogen) atoms. The van der Waals surface area contributed by atoms with Crippen LogP contribution in [0.5, 0.6) is 0 Å². The average molecular weight is 164 g/mol. The molecule has 3 N–H and O–H groups in total. The summed E-state index contributed by atoms with van der Waals surface area (Å²) in [6.07, 6.45) is 1.02. The number of rotatable bonds is 4. The van der Waals surface area contributed by atoms with Gasteiger partial charge in [-0.25, -0.2) is 0 Å². The molecule has 0 radical (unpaired) electrons. The summed E-state index contributed by atoms with van der Waals surface area (Å²) in [6.45, 7) is 3.79. The second-order valence-electron chi connectivity index (χ2n) is 2.94. The highest BCUT2D eigenvalue weighted by molar-refractivity contribution is 5.44. The first kappa shape index (κ1) is 9.07. The number of hydrogen-bond donors (Lipinski definition) is 2. The monoisotopic (exact) mass is 164 g/mol. The van der Waals surface area contributed by atoms with Crippen LogP contribution < -0.4 is 11.1 Å². The molecule has 0 fully saturated rings. The molecule has 2 heteroatoms. The fraction of sp³-hybridized carbons (Fsp3) is 0.400. The van der Waals surface area contributed by atoms with Crippen molar-refractivity contribution in [2.24, 2.45) is 5.73 Å². The van der Waals surface area contributed by atoms with Crippen LogP contribution in [0.25, 0.3) is 0 Å². The predicted molar refractivity (Wildman–Crippen MR) is 53.3 cm³/mol. The van der Waals surface area contributed by atoms with Crippen LogP contribution in [0.1, 0.15) is 12.0 Å². The molecule has 0 bridgehead atoms. The van der Waals surface area contributed by atoms with Gasteiger partial charge in [-0.05, 0) is 32.0 Å². The van der Waals surface area contributed by atoms with Crippen molar-refractivity contribution in [3.8, 4) is 0 Å². The molecule has 0 aliphatic rings. The number of nitrogens with one attached hydrogen (secondary N) is 1. The van der Waals surface area contributed by atoms with E-state index >= 15 is 0 Å². The standard InChI is InChI=1S/C10H16N2/c1-9-3-5-10(6-4-9)12-8-2-7-11/h3-6,12H,2,7-8,11H2,1H3. The minimum Gasteiger partial charge on any atom is -0.385 e. The first-order valence-corrected chi connectivity index (χ1v) is 4.33. The molecule has 0 spiro atoms. The summed E-state index contributed by atoms with van der Waals surface area (Å²) in [4.78, 5) is 0. The Labute approximate surface area is 73.8 Å². The molecule has 1 rings (SSSR count). The van der Waals surface area contributed by atoms with Crippen molar-refractivity contribution >= 4 is 5.69 Å². The van der Waals surface area contributed by atoms with Gasteiger partial charge in [0.15, 0.2) is 0 Å². The van der Waals surface area contributed by atoms with Gasteiger partial charge in [-0.15, -0.1) is 0 Å². The van der Waals surface area contributed by atoms with Crippen LogP contribution in [0, 0.1) is 6.92 Å². The Kier molecular flexibility index (Phi) is 3.61. The van der Waals surface area contributed by atoms with Gasteiger partial charge in [0, 0.05) is 12.2 Å². The lowest BCUT2D eigenvalue weighted by atomic mass is 10.2. The fourth-order valence-electron chi connectivity index (χ4n) is 1.01. The Morgan fingerprint density at radius 2 is 1.92 bits per heavy atom. The van der Waals surface area contributed by atoms with Crippen molar-refractivity contribution in [3.63, 3.8) is 0 Å². The van der Waals surface area contributed by atoms with Gasteiger partial charge in [0.25, 0.3) is 0 Å². The minimum atomic E-state index is 0.749. The van der Waals surface area contributed by atoms with Crippen molar-refractivity contribution < 1.29 is 0 Å². The molecular weight excluding hydrogens is 148 g/mol. The zero-order chi connectivity index (χ0) is 8.81. The lowest BCUT2D eigenvalue weighted by molar-refractivity contribution is 0.874. The van der Waals surface area contributed by atoms with Gasteiger partial charge in [0.2, 0.25) is 0 Å². The fourth-order valence-corrected chi connectivity index (χ4v) is 1.01. The SMILES string of the molecule is Cc1ccc(NCCCN)cc1. The normalized spacial score (nSPS) is 9.83. The number of benzene rings is 1. The molecule has 0 heterocycles. The van der Waals surface area contributed by atoms with Gasteiger partial charge < -0.3 is 11.1 Å². The predicted octanol–water partition coefficient (Wildman–Crippen LogP) is 1.76. The highest BCUT2D eigenvalue weighted by Crippen LogP contribution is 2.07. The van der Waals surface area contributed by atoms with Crippen LogP contribution in [0.2, 0.25) is 0 Å². The number of aryl methyl sites for hydroxylation is 1. The van der Waals surface area contributed by atoms with E-state index in [1.54, 1.807) is 0 Å². The van der Waals surface area contributed by atoms with Gasteiger partial charge in [-0.2, -0.15) is 0 Å². The molecule has 0 aliphatic carbocycles. The van der Waals surface area contributed by atoms with Crippen LogP contribution in [0.3, 0.4) is 0 Å². The lowest BCUT2D eigenvalue weighted by Crippen LogP contribution is -2.08. The van der Waals surface area contributed by atoms with Crippen molar-refractivity contribution in [1.29, 1.82) is 0 Å². The van der Waals surface area contributed by atoms with Crippen molar-refractivity contribution in [2.75, 3.05) is 18.4 Å². The maximum Gasteiger partial charge on any atom is 0.0340 e. The van der Waals surface area contributed by atoms with Crippen LogP contribution in [-0.2, 0) is 0 Å². The molecule has 0 amide bonds. The zero-order valence-electron chi connectivity index (χ0n) is 7.51. The third-order valence-electron chi connectivity index (χ3n) is 1.76. The molecule has 0 atom stereocenters. The van der Waals surface area contributed by atoms with E-state index in [2.05, 4.69) is 36.5 Å². The Morgan fingerprint density at radius 3 is 2.50 bits per heavy atom. The minimum absolute atomic E-state index is 0.749. The summed E-state index contributed by atoms with van der Waals surface area (Å²) in [6, 6.07) is 8.38. The maximum atomic E-state index is 5.38. The molecule has 0 saturated carbocycles. The zero-order valence-corrected chi connectivity index (χ0v) is 7.51. The summed E-state index contributed by atoms with van der Waals surface area (Å²) >= 11 is 0. The van der Waals surface area contributed by atoms with E-state index in [9.17, 15) is 0 Å². The van der Waals surface area contributed by atoms with Gasteiger partial charge in [-0.1, -0.05) is 17.7 Å². The van der Waals surface area contributed by atoms with Gasteiger partial charge in [0.05, 0.1) is 0 Å². The Balaban J connectivity index is 2.37. The van der Waals surface area contributed by atoms with E-state index in [0.29, 0.717) is 0 Å². The maximum absolute atomic E-state index is 5.38. The lowest BCUT2D eigenvalue weighted by Gasteiger charge is -2.04. The second kappa shape index (κ2) is 4.78. The van der Waals surface area contributed by atoms with Crippen LogP contribution in [0.4, 0.5) is 5.69 Å².